The average molecular weight is 522 g/mol. The van der Waals surface area contributed by atoms with Crippen LogP contribution >= 0.6 is 31.9 Å². The molecule has 2 aromatic rings. The van der Waals surface area contributed by atoms with Crippen LogP contribution in [-0.4, -0.2) is 50.1 Å². The summed E-state index contributed by atoms with van der Waals surface area (Å²) < 4.78 is 20.2. The standard InChI is InChI=1S/C16H14Br2N2O8/c17-11-3-1-9(27-11)15(23)25-7-13(21)19-5-6-20-14(22)8-26-16(24)10-2-4-12(18)28-10/h1-4H,5-8H2,(H,19,21)(H,20,22). The van der Waals surface area contributed by atoms with Gasteiger partial charge >= 0.3 is 11.9 Å². The van der Waals surface area contributed by atoms with Gasteiger partial charge in [-0.2, -0.15) is 0 Å². The molecule has 2 amide bonds. The van der Waals surface area contributed by atoms with Gasteiger partial charge in [-0.3, -0.25) is 9.59 Å². The van der Waals surface area contributed by atoms with Crippen LogP contribution in [0.2, 0.25) is 0 Å². The topological polar surface area (TPSA) is 137 Å². The van der Waals surface area contributed by atoms with Crippen molar-refractivity contribution in [1.82, 2.24) is 10.6 Å². The second-order valence-corrected chi connectivity index (χ2v) is 6.62. The Morgan fingerprint density at radius 2 is 1.14 bits per heavy atom. The van der Waals surface area contributed by atoms with E-state index in [1.807, 2.05) is 0 Å². The summed E-state index contributed by atoms with van der Waals surface area (Å²) in [6.07, 6.45) is 0. The van der Waals surface area contributed by atoms with E-state index in [2.05, 4.69) is 42.5 Å². The number of nitrogens with one attached hydrogen (secondary N) is 2. The van der Waals surface area contributed by atoms with Crippen molar-refractivity contribution in [3.8, 4) is 0 Å². The Bertz CT molecular complexity index is 790. The van der Waals surface area contributed by atoms with E-state index >= 15 is 0 Å². The summed E-state index contributed by atoms with van der Waals surface area (Å²) in [4.78, 5) is 46.3. The summed E-state index contributed by atoms with van der Waals surface area (Å²) in [6.45, 7) is -0.816. The number of carbonyl (C=O) groups excluding carboxylic acids is 4. The fraction of sp³-hybridized carbons (Fsp3) is 0.250. The molecule has 2 heterocycles. The van der Waals surface area contributed by atoms with E-state index in [1.165, 1.54) is 24.3 Å². The molecule has 0 radical (unpaired) electrons. The highest BCUT2D eigenvalue weighted by Crippen LogP contribution is 2.15. The Labute approximate surface area is 175 Å². The molecule has 0 bridgehead atoms. The number of hydrogen-bond acceptors (Lipinski definition) is 8. The van der Waals surface area contributed by atoms with Gasteiger partial charge in [0.15, 0.2) is 22.6 Å². The van der Waals surface area contributed by atoms with E-state index in [9.17, 15) is 19.2 Å². The Hall–Kier alpha value is -2.60. The predicted molar refractivity (Wildman–Crippen MR) is 99.4 cm³/mol. The van der Waals surface area contributed by atoms with Gasteiger partial charge in [-0.15, -0.1) is 0 Å². The van der Waals surface area contributed by atoms with Gasteiger partial charge in [-0.1, -0.05) is 0 Å². The molecule has 0 unspecified atom stereocenters. The van der Waals surface area contributed by atoms with Gasteiger partial charge in [0.05, 0.1) is 0 Å². The highest BCUT2D eigenvalue weighted by molar-refractivity contribution is 9.10. The first-order valence-corrected chi connectivity index (χ1v) is 9.32. The number of rotatable bonds is 9. The SMILES string of the molecule is O=C(COC(=O)c1ccc(Br)o1)NCCNC(=O)COC(=O)c1ccc(Br)o1. The third kappa shape index (κ3) is 7.19. The van der Waals surface area contributed by atoms with Gasteiger partial charge in [-0.05, 0) is 56.1 Å². The third-order valence-electron chi connectivity index (χ3n) is 2.99. The zero-order valence-electron chi connectivity index (χ0n) is 14.2. The zero-order chi connectivity index (χ0) is 20.5. The minimum absolute atomic E-state index is 0.0385. The quantitative estimate of drug-likeness (QED) is 0.375. The van der Waals surface area contributed by atoms with Crippen LogP contribution in [0.4, 0.5) is 0 Å². The summed E-state index contributed by atoms with van der Waals surface area (Å²) in [6, 6.07) is 5.84. The van der Waals surface area contributed by atoms with Crippen LogP contribution in [0.5, 0.6) is 0 Å². The van der Waals surface area contributed by atoms with Gasteiger partial charge in [0.1, 0.15) is 0 Å². The smallest absolute Gasteiger partial charge is 0.374 e. The molecule has 0 fully saturated rings. The maximum Gasteiger partial charge on any atom is 0.374 e. The van der Waals surface area contributed by atoms with Crippen molar-refractivity contribution in [2.45, 2.75) is 0 Å². The zero-order valence-corrected chi connectivity index (χ0v) is 17.3. The number of carbonyl (C=O) groups is 4. The monoisotopic (exact) mass is 520 g/mol. The molecule has 0 saturated heterocycles. The normalized spacial score (nSPS) is 10.2. The fourth-order valence-electron chi connectivity index (χ4n) is 1.76. The summed E-state index contributed by atoms with van der Waals surface area (Å²) in [5.74, 6) is -2.74. The van der Waals surface area contributed by atoms with Crippen LogP contribution in [0, 0.1) is 0 Å². The fourth-order valence-corrected chi connectivity index (χ4v) is 2.37. The van der Waals surface area contributed by atoms with Gasteiger partial charge in [0, 0.05) is 13.1 Å². The van der Waals surface area contributed by atoms with Crippen LogP contribution in [0.25, 0.3) is 0 Å². The van der Waals surface area contributed by atoms with E-state index in [0.717, 1.165) is 0 Å². The van der Waals surface area contributed by atoms with Crippen molar-refractivity contribution in [2.75, 3.05) is 26.3 Å². The van der Waals surface area contributed by atoms with Gasteiger partial charge in [0.2, 0.25) is 11.5 Å². The van der Waals surface area contributed by atoms with Crippen LogP contribution in [-0.2, 0) is 19.1 Å². The number of hydrogen-bond donors (Lipinski definition) is 2. The van der Waals surface area contributed by atoms with Crippen molar-refractivity contribution in [2.24, 2.45) is 0 Å². The number of ether oxygens (including phenoxy) is 2. The van der Waals surface area contributed by atoms with Crippen LogP contribution < -0.4 is 10.6 Å². The largest absolute Gasteiger partial charge is 0.450 e. The second-order valence-electron chi connectivity index (χ2n) is 5.06. The molecule has 12 heteroatoms. The highest BCUT2D eigenvalue weighted by Gasteiger charge is 2.15. The van der Waals surface area contributed by atoms with Crippen molar-refractivity contribution in [3.63, 3.8) is 0 Å². The minimum Gasteiger partial charge on any atom is -0.450 e. The summed E-state index contributed by atoms with van der Waals surface area (Å²) in [5.41, 5.74) is 0. The van der Waals surface area contributed by atoms with Crippen molar-refractivity contribution < 1.29 is 37.5 Å². The first-order chi connectivity index (χ1) is 13.3. The second kappa shape index (κ2) is 10.7. The lowest BCUT2D eigenvalue weighted by Crippen LogP contribution is -2.38. The van der Waals surface area contributed by atoms with Crippen LogP contribution in [0.1, 0.15) is 21.1 Å². The molecule has 2 rings (SSSR count). The molecule has 0 aliphatic carbocycles. The van der Waals surface area contributed by atoms with Gasteiger partial charge in [-0.25, -0.2) is 9.59 Å². The van der Waals surface area contributed by atoms with Gasteiger partial charge in [0.25, 0.3) is 11.8 Å². The third-order valence-corrected chi connectivity index (χ3v) is 3.84. The Morgan fingerprint density at radius 1 is 0.750 bits per heavy atom. The molecular formula is C16H14Br2N2O8. The lowest BCUT2D eigenvalue weighted by molar-refractivity contribution is -0.125. The molecule has 150 valence electrons. The van der Waals surface area contributed by atoms with Crippen LogP contribution in [0.3, 0.4) is 0 Å². The molecule has 2 N–H and O–H groups in total. The molecule has 0 spiro atoms. The summed E-state index contributed by atoms with van der Waals surface area (Å²) in [7, 11) is 0. The molecule has 0 saturated carbocycles. The average Bonchev–Trinajstić information content (AvgIpc) is 3.29. The van der Waals surface area contributed by atoms with Crippen LogP contribution in [0.15, 0.2) is 42.4 Å². The van der Waals surface area contributed by atoms with E-state index in [-0.39, 0.29) is 24.6 Å². The Balaban J connectivity index is 1.55. The molecule has 0 atom stereocenters. The van der Waals surface area contributed by atoms with E-state index in [1.54, 1.807) is 0 Å². The molecule has 2 aromatic heterocycles. The van der Waals surface area contributed by atoms with Crippen molar-refractivity contribution >= 4 is 55.6 Å². The van der Waals surface area contributed by atoms with E-state index < -0.39 is 37.0 Å². The van der Waals surface area contributed by atoms with E-state index in [0.29, 0.717) is 9.34 Å². The molecular weight excluding hydrogens is 508 g/mol. The maximum absolute atomic E-state index is 11.6. The van der Waals surface area contributed by atoms with Crippen molar-refractivity contribution in [1.29, 1.82) is 0 Å². The van der Waals surface area contributed by atoms with E-state index in [4.69, 9.17) is 18.3 Å². The first kappa shape index (κ1) is 21.7. The Morgan fingerprint density at radius 3 is 1.46 bits per heavy atom. The van der Waals surface area contributed by atoms with Gasteiger partial charge < -0.3 is 28.9 Å². The number of halogens is 2. The maximum atomic E-state index is 11.6. The Kier molecular flexibility index (Phi) is 8.26. The first-order valence-electron chi connectivity index (χ1n) is 7.73. The predicted octanol–water partition coefficient (Wildman–Crippen LogP) is 1.64. The molecule has 28 heavy (non-hydrogen) atoms. The molecule has 0 aliphatic heterocycles. The number of esters is 2. The highest BCUT2D eigenvalue weighted by atomic mass is 79.9. The summed E-state index contributed by atoms with van der Waals surface area (Å²) >= 11 is 6.09. The number of furan rings is 2. The molecule has 0 aromatic carbocycles. The lowest BCUT2D eigenvalue weighted by atomic mass is 10.4. The van der Waals surface area contributed by atoms with Crippen molar-refractivity contribution in [3.05, 3.63) is 45.1 Å². The minimum atomic E-state index is -0.778. The lowest BCUT2D eigenvalue weighted by Gasteiger charge is -2.07. The molecule has 10 nitrogen and oxygen atoms in total. The molecule has 0 aliphatic rings. The summed E-state index contributed by atoms with van der Waals surface area (Å²) in [5, 5.41) is 4.89. The number of amides is 2.